The Morgan fingerprint density at radius 1 is 1.31 bits per heavy atom. The lowest BCUT2D eigenvalue weighted by atomic mass is 10.2. The fourth-order valence-corrected chi connectivity index (χ4v) is 1.18. The Morgan fingerprint density at radius 2 is 1.88 bits per heavy atom. The van der Waals surface area contributed by atoms with Crippen molar-refractivity contribution in [3.05, 3.63) is 29.8 Å². The largest absolute Gasteiger partial charge is 0.467 e. The number of primary amides is 1. The molecular formula is C11H14N2O3. The van der Waals surface area contributed by atoms with E-state index in [0.29, 0.717) is 5.69 Å². The minimum absolute atomic E-state index is 0.639. The molecule has 0 aliphatic heterocycles. The molecule has 0 aromatic heterocycles. The molecule has 0 saturated carbocycles. The zero-order valence-electron chi connectivity index (χ0n) is 9.19. The highest BCUT2D eigenvalue weighted by atomic mass is 16.5. The number of aryl methyl sites for hydroxylation is 1. The molecule has 0 radical (unpaired) electrons. The van der Waals surface area contributed by atoms with Crippen molar-refractivity contribution in [1.82, 2.24) is 0 Å². The highest BCUT2D eigenvalue weighted by Gasteiger charge is 2.24. The lowest BCUT2D eigenvalue weighted by molar-refractivity contribution is -0.144. The van der Waals surface area contributed by atoms with E-state index in [1.54, 1.807) is 12.1 Å². The monoisotopic (exact) mass is 222 g/mol. The molecule has 3 N–H and O–H groups in total. The summed E-state index contributed by atoms with van der Waals surface area (Å²) in [6.45, 7) is 1.94. The second-order valence-electron chi connectivity index (χ2n) is 3.37. The second-order valence-corrected chi connectivity index (χ2v) is 3.37. The van der Waals surface area contributed by atoms with Gasteiger partial charge in [-0.1, -0.05) is 17.7 Å². The first-order valence-electron chi connectivity index (χ1n) is 4.75. The van der Waals surface area contributed by atoms with Gasteiger partial charge in [0.05, 0.1) is 7.11 Å². The number of hydrogen-bond donors (Lipinski definition) is 2. The topological polar surface area (TPSA) is 81.4 Å². The molecule has 1 aromatic carbocycles. The van der Waals surface area contributed by atoms with Gasteiger partial charge in [0, 0.05) is 5.69 Å². The Morgan fingerprint density at radius 3 is 2.31 bits per heavy atom. The quantitative estimate of drug-likeness (QED) is 0.572. The predicted molar refractivity (Wildman–Crippen MR) is 59.8 cm³/mol. The normalized spacial score (nSPS) is 11.6. The maximum atomic E-state index is 11.2. The zero-order chi connectivity index (χ0) is 12.1. The maximum absolute atomic E-state index is 11.2. The van der Waals surface area contributed by atoms with Gasteiger partial charge in [0.2, 0.25) is 6.04 Å². The molecular weight excluding hydrogens is 208 g/mol. The van der Waals surface area contributed by atoms with Gasteiger partial charge in [0.15, 0.2) is 0 Å². The van der Waals surface area contributed by atoms with Crippen LogP contribution in [0.15, 0.2) is 24.3 Å². The molecule has 1 aromatic rings. The molecule has 0 aliphatic carbocycles. The first-order chi connectivity index (χ1) is 7.54. The third-order valence-corrected chi connectivity index (χ3v) is 2.08. The van der Waals surface area contributed by atoms with Crippen LogP contribution in [0, 0.1) is 6.92 Å². The van der Waals surface area contributed by atoms with E-state index >= 15 is 0 Å². The molecule has 0 heterocycles. The average molecular weight is 222 g/mol. The highest BCUT2D eigenvalue weighted by Crippen LogP contribution is 2.10. The van der Waals surface area contributed by atoms with Gasteiger partial charge < -0.3 is 15.8 Å². The lowest BCUT2D eigenvalue weighted by Gasteiger charge is -2.14. The fraction of sp³-hybridized carbons (Fsp3) is 0.273. The summed E-state index contributed by atoms with van der Waals surface area (Å²) in [6.07, 6.45) is 0. The standard InChI is InChI=1S/C11H14N2O3/c1-7-3-5-8(6-4-7)13-9(10(12)14)11(15)16-2/h3-6,9,13H,1-2H3,(H2,12,14). The van der Waals surface area contributed by atoms with E-state index < -0.39 is 17.9 Å². The van der Waals surface area contributed by atoms with Gasteiger partial charge in [-0.25, -0.2) is 4.79 Å². The molecule has 1 amide bonds. The van der Waals surface area contributed by atoms with Gasteiger partial charge in [-0.2, -0.15) is 0 Å². The Labute approximate surface area is 93.6 Å². The SMILES string of the molecule is COC(=O)C(Nc1ccc(C)cc1)C(N)=O. The van der Waals surface area contributed by atoms with Crippen LogP contribution in [0.1, 0.15) is 5.56 Å². The highest BCUT2D eigenvalue weighted by molar-refractivity contribution is 6.03. The van der Waals surface area contributed by atoms with Crippen LogP contribution in [0.3, 0.4) is 0 Å². The number of esters is 1. The summed E-state index contributed by atoms with van der Waals surface area (Å²) in [6, 6.07) is 6.07. The first kappa shape index (κ1) is 12.0. The molecule has 86 valence electrons. The van der Waals surface area contributed by atoms with Gasteiger partial charge in [-0.05, 0) is 19.1 Å². The fourth-order valence-electron chi connectivity index (χ4n) is 1.18. The summed E-state index contributed by atoms with van der Waals surface area (Å²) in [5.74, 6) is -1.47. The number of ether oxygens (including phenoxy) is 1. The van der Waals surface area contributed by atoms with Gasteiger partial charge >= 0.3 is 5.97 Å². The predicted octanol–water partition coefficient (Wildman–Crippen LogP) is 0.434. The smallest absolute Gasteiger partial charge is 0.338 e. The number of methoxy groups -OCH3 is 1. The van der Waals surface area contributed by atoms with E-state index in [1.165, 1.54) is 7.11 Å². The Bertz CT molecular complexity index is 387. The van der Waals surface area contributed by atoms with Crippen LogP contribution in [0.25, 0.3) is 0 Å². The van der Waals surface area contributed by atoms with Crippen molar-refractivity contribution >= 4 is 17.6 Å². The van der Waals surface area contributed by atoms with Crippen molar-refractivity contribution in [2.75, 3.05) is 12.4 Å². The minimum Gasteiger partial charge on any atom is -0.467 e. The van der Waals surface area contributed by atoms with Crippen LogP contribution in [0.5, 0.6) is 0 Å². The Balaban J connectivity index is 2.80. The molecule has 0 fully saturated rings. The molecule has 16 heavy (non-hydrogen) atoms. The molecule has 1 unspecified atom stereocenters. The number of benzene rings is 1. The van der Waals surface area contributed by atoms with Crippen LogP contribution >= 0.6 is 0 Å². The maximum Gasteiger partial charge on any atom is 0.338 e. The third kappa shape index (κ3) is 2.98. The Kier molecular flexibility index (Phi) is 3.88. The molecule has 1 rings (SSSR count). The van der Waals surface area contributed by atoms with E-state index in [1.807, 2.05) is 19.1 Å². The average Bonchev–Trinajstić information content (AvgIpc) is 2.27. The zero-order valence-corrected chi connectivity index (χ0v) is 9.19. The molecule has 5 heteroatoms. The van der Waals surface area contributed by atoms with E-state index in [-0.39, 0.29) is 0 Å². The molecule has 0 saturated heterocycles. The van der Waals surface area contributed by atoms with Crippen molar-refractivity contribution in [2.24, 2.45) is 5.73 Å². The van der Waals surface area contributed by atoms with E-state index in [9.17, 15) is 9.59 Å². The summed E-state index contributed by atoms with van der Waals surface area (Å²) in [4.78, 5) is 22.3. The number of carbonyl (C=O) groups is 2. The molecule has 5 nitrogen and oxygen atoms in total. The summed E-state index contributed by atoms with van der Waals surface area (Å²) in [5.41, 5.74) is 6.81. The van der Waals surface area contributed by atoms with Gasteiger partial charge in [-0.3, -0.25) is 4.79 Å². The van der Waals surface area contributed by atoms with Crippen molar-refractivity contribution in [2.45, 2.75) is 13.0 Å². The number of rotatable bonds is 4. The molecule has 1 atom stereocenters. The van der Waals surface area contributed by atoms with Crippen LogP contribution in [0.2, 0.25) is 0 Å². The summed E-state index contributed by atoms with van der Waals surface area (Å²) < 4.78 is 4.47. The minimum atomic E-state index is -1.16. The van der Waals surface area contributed by atoms with E-state index in [4.69, 9.17) is 5.73 Å². The van der Waals surface area contributed by atoms with Crippen LogP contribution < -0.4 is 11.1 Å². The summed E-state index contributed by atoms with van der Waals surface area (Å²) in [7, 11) is 1.20. The number of nitrogens with one attached hydrogen (secondary N) is 1. The van der Waals surface area contributed by atoms with Crippen LogP contribution in [0.4, 0.5) is 5.69 Å². The lowest BCUT2D eigenvalue weighted by Crippen LogP contribution is -2.42. The van der Waals surface area contributed by atoms with Crippen molar-refractivity contribution in [3.8, 4) is 0 Å². The van der Waals surface area contributed by atoms with Crippen LogP contribution in [-0.2, 0) is 14.3 Å². The third-order valence-electron chi connectivity index (χ3n) is 2.08. The van der Waals surface area contributed by atoms with Gasteiger partial charge in [0.1, 0.15) is 0 Å². The summed E-state index contributed by atoms with van der Waals surface area (Å²) >= 11 is 0. The number of amides is 1. The van der Waals surface area contributed by atoms with Crippen molar-refractivity contribution < 1.29 is 14.3 Å². The Hall–Kier alpha value is -2.04. The first-order valence-corrected chi connectivity index (χ1v) is 4.75. The molecule has 0 spiro atoms. The number of hydrogen-bond acceptors (Lipinski definition) is 4. The van der Waals surface area contributed by atoms with Gasteiger partial charge in [0.25, 0.3) is 5.91 Å². The summed E-state index contributed by atoms with van der Waals surface area (Å²) in [5, 5.41) is 2.71. The van der Waals surface area contributed by atoms with Crippen molar-refractivity contribution in [3.63, 3.8) is 0 Å². The number of carbonyl (C=O) groups excluding carboxylic acids is 2. The number of nitrogens with two attached hydrogens (primary N) is 1. The van der Waals surface area contributed by atoms with E-state index in [2.05, 4.69) is 10.1 Å². The van der Waals surface area contributed by atoms with Crippen molar-refractivity contribution in [1.29, 1.82) is 0 Å². The molecule has 0 aliphatic rings. The second kappa shape index (κ2) is 5.16. The number of anilines is 1. The van der Waals surface area contributed by atoms with E-state index in [0.717, 1.165) is 5.56 Å². The van der Waals surface area contributed by atoms with Crippen LogP contribution in [-0.4, -0.2) is 25.0 Å². The van der Waals surface area contributed by atoms with Gasteiger partial charge in [-0.15, -0.1) is 0 Å². The molecule has 0 bridgehead atoms.